The number of nitrogens with zero attached hydrogens (tertiary/aromatic N) is 3. The molecule has 3 aromatic rings. The third-order valence-corrected chi connectivity index (χ3v) is 14.2. The predicted octanol–water partition coefficient (Wildman–Crippen LogP) is 3.26. The van der Waals surface area contributed by atoms with Crippen molar-refractivity contribution in [2.24, 2.45) is 11.8 Å². The van der Waals surface area contributed by atoms with Gasteiger partial charge in [-0.05, 0) is 130 Å². The highest BCUT2D eigenvalue weighted by atomic mass is 16.4. The third kappa shape index (κ3) is 18.5. The van der Waals surface area contributed by atoms with Gasteiger partial charge in [-0.25, -0.2) is 14.4 Å². The number of carbonyl (C=O) groups is 7. The average molecular weight is 998 g/mol. The Morgan fingerprint density at radius 2 is 1.29 bits per heavy atom. The van der Waals surface area contributed by atoms with Gasteiger partial charge in [-0.2, -0.15) is 0 Å². The van der Waals surface area contributed by atoms with Crippen LogP contribution in [0.4, 0.5) is 4.79 Å². The minimum atomic E-state index is -1.52. The highest BCUT2D eigenvalue weighted by Crippen LogP contribution is 2.29. The van der Waals surface area contributed by atoms with Crippen molar-refractivity contribution in [3.63, 3.8) is 0 Å². The van der Waals surface area contributed by atoms with Crippen LogP contribution in [0.25, 0.3) is 10.8 Å². The number of nitrogens with one attached hydrogen (secondary N) is 6. The molecular weight excluding hydrogens is 923 g/mol. The average Bonchev–Trinajstić information content (AvgIpc) is 3.37. The highest BCUT2D eigenvalue weighted by molar-refractivity contribution is 5.94. The number of hydrogen-bond acceptors (Lipinski definition) is 11. The summed E-state index contributed by atoms with van der Waals surface area (Å²) in [7, 11) is 0. The Hall–Kier alpha value is -6.15. The molecule has 0 spiro atoms. The lowest BCUT2D eigenvalue weighted by molar-refractivity contribution is -0.141. The summed E-state index contributed by atoms with van der Waals surface area (Å²) in [6, 6.07) is 16.9. The third-order valence-electron chi connectivity index (χ3n) is 14.2. The van der Waals surface area contributed by atoms with E-state index in [9.17, 15) is 43.8 Å². The maximum absolute atomic E-state index is 13.8. The largest absolute Gasteiger partial charge is 0.481 e. The summed E-state index contributed by atoms with van der Waals surface area (Å²) in [6.07, 6.45) is 4.97. The molecule has 2 unspecified atom stereocenters. The molecule has 392 valence electrons. The van der Waals surface area contributed by atoms with E-state index in [1.54, 1.807) is 0 Å². The number of unbranched alkanes of at least 4 members (excludes halogenated alkanes) is 1. The van der Waals surface area contributed by atoms with Crippen molar-refractivity contribution in [3.05, 3.63) is 83.4 Å². The summed E-state index contributed by atoms with van der Waals surface area (Å²) in [5, 5.41) is 46.9. The lowest BCUT2D eigenvalue weighted by Crippen LogP contribution is -2.51. The monoisotopic (exact) mass is 998 g/mol. The molecule has 3 aromatic carbocycles. The molecule has 0 radical (unpaired) electrons. The van der Waals surface area contributed by atoms with Crippen LogP contribution in [0.5, 0.6) is 0 Å². The molecule has 19 heteroatoms. The van der Waals surface area contributed by atoms with Gasteiger partial charge in [0.05, 0.1) is 0 Å². The van der Waals surface area contributed by atoms with Gasteiger partial charge in [0.1, 0.15) is 18.1 Å². The topological polar surface area (TPSA) is 262 Å². The van der Waals surface area contributed by atoms with Gasteiger partial charge in [0.2, 0.25) is 11.8 Å². The molecule has 72 heavy (non-hydrogen) atoms. The summed E-state index contributed by atoms with van der Waals surface area (Å²) in [5.74, 6) is -4.85. The number of carbonyl (C=O) groups excluding carboxylic acids is 4. The lowest BCUT2D eigenvalue weighted by atomic mass is 9.81. The Morgan fingerprint density at radius 1 is 0.625 bits per heavy atom. The summed E-state index contributed by atoms with van der Waals surface area (Å²) in [6.45, 7) is 12.3. The fourth-order valence-corrected chi connectivity index (χ4v) is 9.85. The maximum atomic E-state index is 13.8. The van der Waals surface area contributed by atoms with Crippen LogP contribution in [0.1, 0.15) is 92.1 Å². The molecule has 5 amide bonds. The molecular formula is C53H75N9O10. The normalized spacial score (nSPS) is 21.2. The van der Waals surface area contributed by atoms with Crippen molar-refractivity contribution in [3.8, 4) is 0 Å². The second-order valence-corrected chi connectivity index (χ2v) is 19.6. The van der Waals surface area contributed by atoms with Gasteiger partial charge in [-0.3, -0.25) is 24.1 Å². The van der Waals surface area contributed by atoms with Crippen molar-refractivity contribution < 1.29 is 48.9 Å². The number of hydrogen-bond donors (Lipinski definition) is 9. The quantitative estimate of drug-likeness (QED) is 0.0655. The smallest absolute Gasteiger partial charge is 0.326 e. The SMILES string of the molecule is O=C(O)CC[C@H](NC(=O)N[C@@H](CCCCNC(=O)[C@H](Cc1ccc2ccccc2c1)NC(=O)[C@H]1CC[C@H](CNC(=O)c2ccc(CN3CCCN4CCNCCCN(CC4)CC3)cc2)CC1)C(=O)O)C(=O)O. The standard InChI is InChI=1S/C53H75N9O10/c63-47(64)21-20-45(52(70)71)59-53(72)58-44(51(68)69)9-3-4-23-55-50(67)46(34-39-14-15-40-7-1-2-8-43(40)33-39)57-49(66)42-16-10-37(11-17-42)35-56-48(65)41-18-12-38(13-19-41)36-62-27-6-26-60-28-24-54-22-5-25-61(30-29-60)31-32-62/h1-2,7-8,12-15,18-19,33,37,42,44-46,54H,3-6,9-11,16-17,20-32,34-36H2,(H,55,67)(H,56,65)(H,57,66)(H,63,64)(H,68,69)(H,70,71)(H2,58,59,72)/t37-,42-,44-,45-,46-/m0/s1. The van der Waals surface area contributed by atoms with Crippen LogP contribution in [0.15, 0.2) is 66.7 Å². The Bertz CT molecular complexity index is 2270. The number of urea groups is 1. The minimum Gasteiger partial charge on any atom is -0.481 e. The Balaban J connectivity index is 0.947. The summed E-state index contributed by atoms with van der Waals surface area (Å²) < 4.78 is 0. The zero-order chi connectivity index (χ0) is 51.2. The Labute approximate surface area is 422 Å². The summed E-state index contributed by atoms with van der Waals surface area (Å²) >= 11 is 0. The number of benzene rings is 3. The highest BCUT2D eigenvalue weighted by Gasteiger charge is 2.31. The van der Waals surface area contributed by atoms with Crippen molar-refractivity contribution in [2.75, 3.05) is 78.5 Å². The number of fused-ring (bicyclic) bond motifs is 4. The van der Waals surface area contributed by atoms with E-state index >= 15 is 0 Å². The van der Waals surface area contributed by atoms with E-state index in [0.717, 1.165) is 108 Å². The van der Waals surface area contributed by atoms with E-state index in [1.165, 1.54) is 12.0 Å². The first kappa shape index (κ1) is 55.2. The molecule has 2 saturated heterocycles. The molecule has 1 saturated carbocycles. The van der Waals surface area contributed by atoms with Crippen molar-refractivity contribution >= 4 is 52.4 Å². The second kappa shape index (κ2) is 28.8. The maximum Gasteiger partial charge on any atom is 0.326 e. The van der Waals surface area contributed by atoms with Gasteiger partial charge in [0, 0.05) is 83.2 Å². The molecule has 5 atom stereocenters. The van der Waals surface area contributed by atoms with E-state index in [2.05, 4.69) is 58.7 Å². The molecule has 2 heterocycles. The number of carboxylic acids is 3. The van der Waals surface area contributed by atoms with Crippen LogP contribution in [0.3, 0.4) is 0 Å². The fraction of sp³-hybridized carbons (Fsp3) is 0.566. The number of carboxylic acid groups (broad SMARTS) is 3. The first-order valence-electron chi connectivity index (χ1n) is 25.8. The molecule has 1 aliphatic carbocycles. The van der Waals surface area contributed by atoms with Crippen LogP contribution >= 0.6 is 0 Å². The fourth-order valence-electron chi connectivity index (χ4n) is 9.85. The molecule has 3 fully saturated rings. The van der Waals surface area contributed by atoms with Crippen LogP contribution in [-0.4, -0.2) is 168 Å². The van der Waals surface area contributed by atoms with Gasteiger partial charge in [0.15, 0.2) is 0 Å². The zero-order valence-electron chi connectivity index (χ0n) is 41.5. The van der Waals surface area contributed by atoms with Gasteiger partial charge in [-0.15, -0.1) is 0 Å². The van der Waals surface area contributed by atoms with Crippen LogP contribution in [0.2, 0.25) is 0 Å². The van der Waals surface area contributed by atoms with E-state index < -0.39 is 54.4 Å². The number of amides is 5. The summed E-state index contributed by atoms with van der Waals surface area (Å²) in [4.78, 5) is 95.3. The van der Waals surface area contributed by atoms with Gasteiger partial charge in [-0.1, -0.05) is 54.6 Å². The number of aliphatic carboxylic acids is 3. The first-order valence-corrected chi connectivity index (χ1v) is 25.8. The predicted molar refractivity (Wildman–Crippen MR) is 272 cm³/mol. The molecule has 3 aliphatic rings. The Kier molecular flexibility index (Phi) is 22.1. The Morgan fingerprint density at radius 3 is 2.01 bits per heavy atom. The van der Waals surface area contributed by atoms with Gasteiger partial charge in [0.25, 0.3) is 5.91 Å². The first-order chi connectivity index (χ1) is 34.8. The van der Waals surface area contributed by atoms with Gasteiger partial charge >= 0.3 is 23.9 Å². The minimum absolute atomic E-state index is 0.0294. The van der Waals surface area contributed by atoms with E-state index in [1.807, 2.05) is 54.6 Å². The van der Waals surface area contributed by atoms with E-state index in [0.29, 0.717) is 31.4 Å². The van der Waals surface area contributed by atoms with E-state index in [4.69, 9.17) is 5.11 Å². The van der Waals surface area contributed by atoms with Crippen LogP contribution in [0, 0.1) is 11.8 Å². The zero-order valence-corrected chi connectivity index (χ0v) is 41.5. The molecule has 6 rings (SSSR count). The van der Waals surface area contributed by atoms with E-state index in [-0.39, 0.29) is 55.9 Å². The second-order valence-electron chi connectivity index (χ2n) is 19.6. The summed E-state index contributed by atoms with van der Waals surface area (Å²) in [5.41, 5.74) is 2.68. The molecule has 9 N–H and O–H groups in total. The molecule has 2 bridgehead atoms. The molecule has 19 nitrogen and oxygen atoms in total. The molecule has 2 aliphatic heterocycles. The van der Waals surface area contributed by atoms with Crippen molar-refractivity contribution in [1.29, 1.82) is 0 Å². The van der Waals surface area contributed by atoms with Crippen molar-refractivity contribution in [1.82, 2.24) is 46.6 Å². The lowest BCUT2D eigenvalue weighted by Gasteiger charge is -2.34. The van der Waals surface area contributed by atoms with Crippen LogP contribution in [-0.2, 0) is 36.9 Å². The number of rotatable bonds is 22. The van der Waals surface area contributed by atoms with Gasteiger partial charge < -0.3 is 57.0 Å². The van der Waals surface area contributed by atoms with Crippen molar-refractivity contribution in [2.45, 2.75) is 102 Å². The van der Waals surface area contributed by atoms with Crippen LogP contribution < -0.4 is 31.9 Å². The molecule has 0 aromatic heterocycles.